The van der Waals surface area contributed by atoms with Gasteiger partial charge in [0.15, 0.2) is 5.82 Å². The molecule has 3 fully saturated rings. The molecule has 1 atom stereocenters. The van der Waals surface area contributed by atoms with Crippen molar-refractivity contribution in [3.63, 3.8) is 0 Å². The van der Waals surface area contributed by atoms with Crippen molar-refractivity contribution in [2.75, 3.05) is 26.9 Å². The van der Waals surface area contributed by atoms with E-state index in [4.69, 9.17) is 19.0 Å². The quantitative estimate of drug-likeness (QED) is 0.770. The van der Waals surface area contributed by atoms with Crippen LogP contribution in [0.15, 0.2) is 28.8 Å². The minimum atomic E-state index is -0.404. The smallest absolute Gasteiger partial charge is 0.249 e. The van der Waals surface area contributed by atoms with Gasteiger partial charge in [-0.2, -0.15) is 4.98 Å². The highest BCUT2D eigenvalue weighted by molar-refractivity contribution is 5.91. The van der Waals surface area contributed by atoms with E-state index in [9.17, 15) is 4.79 Å². The van der Waals surface area contributed by atoms with Crippen molar-refractivity contribution in [2.24, 2.45) is 0 Å². The number of benzene rings is 1. The van der Waals surface area contributed by atoms with Gasteiger partial charge in [0.05, 0.1) is 12.5 Å². The topological polar surface area (TPSA) is 77.7 Å². The van der Waals surface area contributed by atoms with Crippen LogP contribution in [-0.2, 0) is 14.9 Å². The molecule has 29 heavy (non-hydrogen) atoms. The van der Waals surface area contributed by atoms with Crippen LogP contribution in [0.1, 0.15) is 67.8 Å². The lowest BCUT2D eigenvalue weighted by Gasteiger charge is -2.27. The average molecular weight is 397 g/mol. The number of methoxy groups -OCH3 is 1. The predicted octanol–water partition coefficient (Wildman–Crippen LogP) is 3.37. The van der Waals surface area contributed by atoms with Crippen LogP contribution in [-0.4, -0.2) is 47.8 Å². The van der Waals surface area contributed by atoms with E-state index >= 15 is 0 Å². The van der Waals surface area contributed by atoms with Crippen molar-refractivity contribution in [3.05, 3.63) is 41.5 Å². The van der Waals surface area contributed by atoms with Crippen molar-refractivity contribution in [3.8, 4) is 5.75 Å². The van der Waals surface area contributed by atoms with Gasteiger partial charge in [-0.1, -0.05) is 17.3 Å². The summed E-state index contributed by atoms with van der Waals surface area (Å²) in [6, 6.07) is 7.79. The van der Waals surface area contributed by atoms with Gasteiger partial charge in [0.25, 0.3) is 0 Å². The SMILES string of the molecule is COc1ccc(C2(C(=O)N3CCCC3c3nc(C4CCOCC4)no3)CC2)cc1. The summed E-state index contributed by atoms with van der Waals surface area (Å²) >= 11 is 0. The minimum absolute atomic E-state index is 0.112. The Morgan fingerprint density at radius 2 is 1.93 bits per heavy atom. The molecule has 3 heterocycles. The monoisotopic (exact) mass is 397 g/mol. The molecule has 7 nitrogen and oxygen atoms in total. The first-order chi connectivity index (χ1) is 14.2. The first-order valence-electron chi connectivity index (χ1n) is 10.6. The molecule has 0 radical (unpaired) electrons. The number of carbonyl (C=O) groups excluding carboxylic acids is 1. The number of carbonyl (C=O) groups is 1. The van der Waals surface area contributed by atoms with Crippen LogP contribution in [0.5, 0.6) is 5.75 Å². The lowest BCUT2D eigenvalue weighted by atomic mass is 9.94. The molecule has 1 aromatic heterocycles. The highest BCUT2D eigenvalue weighted by atomic mass is 16.5. The molecule has 2 saturated heterocycles. The van der Waals surface area contributed by atoms with Gasteiger partial charge in [-0.25, -0.2) is 0 Å². The van der Waals surface area contributed by atoms with Gasteiger partial charge in [0.2, 0.25) is 11.8 Å². The molecule has 1 saturated carbocycles. The summed E-state index contributed by atoms with van der Waals surface area (Å²) in [6.45, 7) is 2.23. The molecule has 5 rings (SSSR count). The number of rotatable bonds is 5. The fourth-order valence-corrected chi connectivity index (χ4v) is 4.71. The van der Waals surface area contributed by atoms with Crippen molar-refractivity contribution in [1.82, 2.24) is 15.0 Å². The Balaban J connectivity index is 1.35. The molecule has 7 heteroatoms. The summed E-state index contributed by atoms with van der Waals surface area (Å²) in [5, 5.41) is 4.24. The number of likely N-dealkylation sites (tertiary alicyclic amines) is 1. The molecule has 2 aliphatic heterocycles. The number of amides is 1. The molecule has 1 unspecified atom stereocenters. The average Bonchev–Trinajstić information content (AvgIpc) is 3.20. The van der Waals surface area contributed by atoms with Crippen LogP contribution in [0.25, 0.3) is 0 Å². The maximum absolute atomic E-state index is 13.6. The summed E-state index contributed by atoms with van der Waals surface area (Å²) in [5.74, 6) is 2.64. The van der Waals surface area contributed by atoms with Crippen LogP contribution in [0.4, 0.5) is 0 Å². The molecule has 3 aliphatic rings. The van der Waals surface area contributed by atoms with Gasteiger partial charge in [-0.15, -0.1) is 0 Å². The zero-order chi connectivity index (χ0) is 19.8. The fraction of sp³-hybridized carbons (Fsp3) is 0.591. The van der Waals surface area contributed by atoms with Gasteiger partial charge in [0.1, 0.15) is 11.8 Å². The van der Waals surface area contributed by atoms with Crippen LogP contribution < -0.4 is 4.74 Å². The van der Waals surface area contributed by atoms with Crippen LogP contribution in [0.3, 0.4) is 0 Å². The first kappa shape index (κ1) is 18.6. The lowest BCUT2D eigenvalue weighted by molar-refractivity contribution is -0.135. The molecule has 1 aliphatic carbocycles. The standard InChI is InChI=1S/C22H27N3O4/c1-27-17-6-4-16(5-7-17)22(10-11-22)21(26)25-12-2-3-18(25)20-23-19(24-29-20)15-8-13-28-14-9-15/h4-7,15,18H,2-3,8-14H2,1H3. The third kappa shape index (κ3) is 3.31. The van der Waals surface area contributed by atoms with E-state index in [-0.39, 0.29) is 11.9 Å². The Bertz CT molecular complexity index is 868. The predicted molar refractivity (Wildman–Crippen MR) is 105 cm³/mol. The summed E-state index contributed by atoms with van der Waals surface area (Å²) in [4.78, 5) is 20.2. The third-order valence-corrected chi connectivity index (χ3v) is 6.64. The first-order valence-corrected chi connectivity index (χ1v) is 10.6. The van der Waals surface area contributed by atoms with Gasteiger partial charge in [-0.05, 0) is 56.2 Å². The second-order valence-electron chi connectivity index (χ2n) is 8.34. The van der Waals surface area contributed by atoms with E-state index in [0.29, 0.717) is 11.8 Å². The van der Waals surface area contributed by atoms with Gasteiger partial charge in [0, 0.05) is 25.7 Å². The highest BCUT2D eigenvalue weighted by Crippen LogP contribution is 2.51. The van der Waals surface area contributed by atoms with Gasteiger partial charge < -0.3 is 18.9 Å². The molecular formula is C22H27N3O4. The molecule has 154 valence electrons. The van der Waals surface area contributed by atoms with Gasteiger partial charge >= 0.3 is 0 Å². The zero-order valence-corrected chi connectivity index (χ0v) is 16.8. The van der Waals surface area contributed by atoms with Crippen LogP contribution in [0.2, 0.25) is 0 Å². The Labute approximate surface area is 170 Å². The van der Waals surface area contributed by atoms with E-state index in [1.54, 1.807) is 7.11 Å². The second kappa shape index (κ2) is 7.44. The number of ether oxygens (including phenoxy) is 2. The Kier molecular flexibility index (Phi) is 4.78. The molecular weight excluding hydrogens is 370 g/mol. The van der Waals surface area contributed by atoms with E-state index in [1.807, 2.05) is 29.2 Å². The Morgan fingerprint density at radius 1 is 1.17 bits per heavy atom. The lowest BCUT2D eigenvalue weighted by Crippen LogP contribution is -2.39. The van der Waals surface area contributed by atoms with Gasteiger partial charge in [-0.3, -0.25) is 4.79 Å². The highest BCUT2D eigenvalue weighted by Gasteiger charge is 2.55. The van der Waals surface area contributed by atoms with E-state index < -0.39 is 5.41 Å². The van der Waals surface area contributed by atoms with E-state index in [2.05, 4.69) is 5.16 Å². The maximum Gasteiger partial charge on any atom is 0.249 e. The fourth-order valence-electron chi connectivity index (χ4n) is 4.71. The zero-order valence-electron chi connectivity index (χ0n) is 16.8. The molecule has 1 amide bonds. The van der Waals surface area contributed by atoms with Crippen LogP contribution >= 0.6 is 0 Å². The summed E-state index contributed by atoms with van der Waals surface area (Å²) in [7, 11) is 1.65. The van der Waals surface area contributed by atoms with Crippen molar-refractivity contribution in [1.29, 1.82) is 0 Å². The van der Waals surface area contributed by atoms with Crippen LogP contribution in [0, 0.1) is 0 Å². The maximum atomic E-state index is 13.6. The number of hydrogen-bond acceptors (Lipinski definition) is 6. The Morgan fingerprint density at radius 3 is 2.62 bits per heavy atom. The van der Waals surface area contributed by atoms with E-state index in [1.165, 1.54) is 0 Å². The largest absolute Gasteiger partial charge is 0.497 e. The number of aromatic nitrogens is 2. The van der Waals surface area contributed by atoms with Crippen molar-refractivity contribution < 1.29 is 18.8 Å². The number of nitrogens with zero attached hydrogens (tertiary/aromatic N) is 3. The minimum Gasteiger partial charge on any atom is -0.497 e. The third-order valence-electron chi connectivity index (χ3n) is 6.64. The normalized spacial score (nSPS) is 23.9. The summed E-state index contributed by atoms with van der Waals surface area (Å²) in [6.07, 6.45) is 5.46. The summed E-state index contributed by atoms with van der Waals surface area (Å²) in [5.41, 5.74) is 0.667. The Hall–Kier alpha value is -2.41. The second-order valence-corrected chi connectivity index (χ2v) is 8.34. The molecule has 0 N–H and O–H groups in total. The van der Waals surface area contributed by atoms with Crippen molar-refractivity contribution >= 4 is 5.91 Å². The summed E-state index contributed by atoms with van der Waals surface area (Å²) < 4.78 is 16.3. The molecule has 2 aromatic rings. The molecule has 1 aromatic carbocycles. The molecule has 0 spiro atoms. The van der Waals surface area contributed by atoms with E-state index in [0.717, 1.165) is 75.4 Å². The van der Waals surface area contributed by atoms with Crippen molar-refractivity contribution in [2.45, 2.75) is 55.9 Å². The number of hydrogen-bond donors (Lipinski definition) is 0. The molecule has 0 bridgehead atoms.